The highest BCUT2D eigenvalue weighted by atomic mass is 19.1. The van der Waals surface area contributed by atoms with Crippen LogP contribution in [-0.4, -0.2) is 35.6 Å². The van der Waals surface area contributed by atoms with Crippen LogP contribution in [0.2, 0.25) is 0 Å². The fourth-order valence-electron chi connectivity index (χ4n) is 5.26. The first-order chi connectivity index (χ1) is 14.9. The fourth-order valence-corrected chi connectivity index (χ4v) is 5.26. The number of benzene rings is 2. The highest BCUT2D eigenvalue weighted by Crippen LogP contribution is 2.52. The summed E-state index contributed by atoms with van der Waals surface area (Å²) >= 11 is 0. The van der Waals surface area contributed by atoms with E-state index in [1.807, 2.05) is 6.07 Å². The zero-order valence-corrected chi connectivity index (χ0v) is 17.9. The van der Waals surface area contributed by atoms with E-state index in [1.165, 1.54) is 18.1 Å². The van der Waals surface area contributed by atoms with Crippen molar-refractivity contribution in [3.63, 3.8) is 0 Å². The Labute approximate surface area is 183 Å². The van der Waals surface area contributed by atoms with Crippen LogP contribution in [0.3, 0.4) is 0 Å². The average molecular weight is 428 g/mol. The minimum Gasteiger partial charge on any atom is -0.481 e. The summed E-state index contributed by atoms with van der Waals surface area (Å²) in [4.78, 5) is 13.1. The van der Waals surface area contributed by atoms with Gasteiger partial charge in [0.25, 0.3) is 0 Å². The van der Waals surface area contributed by atoms with Crippen LogP contribution in [0.25, 0.3) is 0 Å². The van der Waals surface area contributed by atoms with Crippen molar-refractivity contribution in [1.29, 1.82) is 0 Å². The summed E-state index contributed by atoms with van der Waals surface area (Å²) in [7, 11) is 0. The number of carboxylic acids is 1. The molecule has 1 aliphatic carbocycles. The van der Waals surface area contributed by atoms with E-state index < -0.39 is 17.6 Å². The van der Waals surface area contributed by atoms with Gasteiger partial charge in [0, 0.05) is 12.6 Å². The normalized spacial score (nSPS) is 22.9. The van der Waals surface area contributed by atoms with Gasteiger partial charge in [-0.2, -0.15) is 0 Å². The molecule has 0 spiro atoms. The van der Waals surface area contributed by atoms with Crippen molar-refractivity contribution in [2.45, 2.75) is 50.9 Å². The van der Waals surface area contributed by atoms with Crippen molar-refractivity contribution >= 4 is 5.97 Å². The van der Waals surface area contributed by atoms with Gasteiger partial charge in [-0.05, 0) is 86.1 Å². The Morgan fingerprint density at radius 1 is 1.10 bits per heavy atom. The molecule has 1 aliphatic heterocycles. The largest absolute Gasteiger partial charge is 0.481 e. The molecule has 166 valence electrons. The van der Waals surface area contributed by atoms with Gasteiger partial charge in [-0.25, -0.2) is 8.78 Å². The van der Waals surface area contributed by atoms with Crippen molar-refractivity contribution in [3.8, 4) is 0 Å². The summed E-state index contributed by atoms with van der Waals surface area (Å²) in [5.41, 5.74) is 1.99. The van der Waals surface area contributed by atoms with Gasteiger partial charge < -0.3 is 10.0 Å². The summed E-state index contributed by atoms with van der Waals surface area (Å²) in [6.07, 6.45) is 5.99. The Morgan fingerprint density at radius 3 is 2.52 bits per heavy atom. The molecule has 1 heterocycles. The number of likely N-dealkylation sites (tertiary alicyclic amines) is 1. The van der Waals surface area contributed by atoms with E-state index >= 15 is 0 Å². The smallest absolute Gasteiger partial charge is 0.304 e. The van der Waals surface area contributed by atoms with E-state index in [4.69, 9.17) is 5.11 Å². The summed E-state index contributed by atoms with van der Waals surface area (Å²) in [5, 5.41) is 8.97. The molecule has 5 heteroatoms. The third-order valence-corrected chi connectivity index (χ3v) is 7.33. The summed E-state index contributed by atoms with van der Waals surface area (Å²) in [6, 6.07) is 14.6. The van der Waals surface area contributed by atoms with Crippen molar-refractivity contribution in [2.75, 3.05) is 19.6 Å². The van der Waals surface area contributed by atoms with Crippen molar-refractivity contribution < 1.29 is 18.7 Å². The first kappa shape index (κ1) is 21.9. The molecule has 2 atom stereocenters. The second kappa shape index (κ2) is 9.47. The van der Waals surface area contributed by atoms with E-state index in [9.17, 15) is 13.6 Å². The lowest BCUT2D eigenvalue weighted by Crippen LogP contribution is -2.42. The molecule has 1 N–H and O–H groups in total. The molecule has 0 bridgehead atoms. The molecule has 3 nitrogen and oxygen atoms in total. The van der Waals surface area contributed by atoms with E-state index in [0.717, 1.165) is 44.8 Å². The number of piperidine rings is 1. The van der Waals surface area contributed by atoms with E-state index in [1.54, 1.807) is 6.07 Å². The molecule has 0 radical (unpaired) electrons. The van der Waals surface area contributed by atoms with E-state index in [0.29, 0.717) is 30.4 Å². The van der Waals surface area contributed by atoms with Crippen molar-refractivity contribution in [2.24, 2.45) is 11.3 Å². The van der Waals surface area contributed by atoms with Gasteiger partial charge in [0.15, 0.2) is 0 Å². The van der Waals surface area contributed by atoms with Gasteiger partial charge in [0.1, 0.15) is 11.6 Å². The predicted molar refractivity (Wildman–Crippen MR) is 117 cm³/mol. The minimum absolute atomic E-state index is 0.0117. The predicted octanol–water partition coefficient (Wildman–Crippen LogP) is 5.65. The Balaban J connectivity index is 1.41. The molecule has 1 unspecified atom stereocenters. The second-order valence-corrected chi connectivity index (χ2v) is 9.45. The van der Waals surface area contributed by atoms with Crippen molar-refractivity contribution in [3.05, 3.63) is 71.3 Å². The molecule has 1 saturated carbocycles. The van der Waals surface area contributed by atoms with Gasteiger partial charge in [0.05, 0.1) is 6.42 Å². The molecular formula is C26H31F2NO2. The third-order valence-electron chi connectivity index (χ3n) is 7.33. The number of carbonyl (C=O) groups is 1. The lowest BCUT2D eigenvalue weighted by atomic mass is 9.70. The maximum absolute atomic E-state index is 14.4. The van der Waals surface area contributed by atoms with Crippen LogP contribution >= 0.6 is 0 Å². The highest BCUT2D eigenvalue weighted by molar-refractivity contribution is 5.66. The van der Waals surface area contributed by atoms with Gasteiger partial charge in [-0.1, -0.05) is 36.4 Å². The maximum Gasteiger partial charge on any atom is 0.304 e. The summed E-state index contributed by atoms with van der Waals surface area (Å²) in [5.74, 6) is -0.450. The third kappa shape index (κ3) is 5.70. The first-order valence-electron chi connectivity index (χ1n) is 11.4. The van der Waals surface area contributed by atoms with Crippen LogP contribution in [0, 0.1) is 23.0 Å². The lowest BCUT2D eigenvalue weighted by molar-refractivity contribution is -0.137. The molecule has 1 saturated heterocycles. The molecule has 2 aromatic rings. The molecule has 4 rings (SSSR count). The minimum atomic E-state index is -0.772. The number of rotatable bonds is 9. The van der Waals surface area contributed by atoms with Crippen LogP contribution in [0.4, 0.5) is 8.78 Å². The highest BCUT2D eigenvalue weighted by Gasteiger charge is 2.41. The molecule has 0 amide bonds. The molecule has 0 aromatic heterocycles. The number of nitrogens with zero attached hydrogens (tertiary/aromatic N) is 1. The number of carboxylic acid groups (broad SMARTS) is 1. The summed E-state index contributed by atoms with van der Waals surface area (Å²) < 4.78 is 27.8. The quantitative estimate of drug-likeness (QED) is 0.562. The monoisotopic (exact) mass is 427 g/mol. The van der Waals surface area contributed by atoms with Crippen LogP contribution in [0.15, 0.2) is 48.5 Å². The Hall–Kier alpha value is -2.27. The standard InChI is InChI=1S/C26H31F2NO2/c27-22-7-6-21(24(28)17-22)18-26(11-14-29(15-12-26)13-9-25(30)31)10-8-20-16-23(20)19-4-2-1-3-5-19/h1-7,17,20,23H,8-16,18H2,(H,30,31)/t20-,23?/m1/s1. The van der Waals surface area contributed by atoms with Crippen molar-refractivity contribution in [1.82, 2.24) is 4.90 Å². The molecule has 31 heavy (non-hydrogen) atoms. The van der Waals surface area contributed by atoms with Crippen LogP contribution in [0.5, 0.6) is 0 Å². The zero-order chi connectivity index (χ0) is 21.8. The van der Waals surface area contributed by atoms with Crippen LogP contribution in [0.1, 0.15) is 55.6 Å². The molecule has 2 aliphatic rings. The first-order valence-corrected chi connectivity index (χ1v) is 11.4. The SMILES string of the molecule is O=C(O)CCN1CCC(CC[C@@H]2CC2c2ccccc2)(Cc2ccc(F)cc2F)CC1. The van der Waals surface area contributed by atoms with Crippen LogP contribution < -0.4 is 0 Å². The zero-order valence-electron chi connectivity index (χ0n) is 17.9. The van der Waals surface area contributed by atoms with Gasteiger partial charge in [-0.3, -0.25) is 4.79 Å². The summed E-state index contributed by atoms with van der Waals surface area (Å²) in [6.45, 7) is 2.24. The second-order valence-electron chi connectivity index (χ2n) is 9.45. The molecular weight excluding hydrogens is 396 g/mol. The van der Waals surface area contributed by atoms with E-state index in [-0.39, 0.29) is 11.8 Å². The fraction of sp³-hybridized carbons (Fsp3) is 0.500. The number of halogens is 2. The Kier molecular flexibility index (Phi) is 6.71. The van der Waals surface area contributed by atoms with Gasteiger partial charge in [0.2, 0.25) is 0 Å². The maximum atomic E-state index is 14.4. The van der Waals surface area contributed by atoms with Gasteiger partial charge in [-0.15, -0.1) is 0 Å². The van der Waals surface area contributed by atoms with Gasteiger partial charge >= 0.3 is 5.97 Å². The molecule has 2 fully saturated rings. The lowest BCUT2D eigenvalue weighted by Gasteiger charge is -2.42. The average Bonchev–Trinajstić information content (AvgIpc) is 3.55. The van der Waals surface area contributed by atoms with Crippen LogP contribution in [-0.2, 0) is 11.2 Å². The number of hydrogen-bond acceptors (Lipinski definition) is 2. The topological polar surface area (TPSA) is 40.5 Å². The Morgan fingerprint density at radius 2 is 1.84 bits per heavy atom. The number of aliphatic carboxylic acids is 1. The Bertz CT molecular complexity index is 894. The number of hydrogen-bond donors (Lipinski definition) is 1. The molecule has 2 aromatic carbocycles. The van der Waals surface area contributed by atoms with E-state index in [2.05, 4.69) is 29.2 Å².